The maximum absolute atomic E-state index is 14.2. The van der Waals surface area contributed by atoms with Crippen molar-refractivity contribution in [3.63, 3.8) is 0 Å². The molecule has 3 fully saturated rings. The second-order valence-corrected chi connectivity index (χ2v) is 9.47. The van der Waals surface area contributed by atoms with Crippen molar-refractivity contribution in [2.24, 2.45) is 4.99 Å². The van der Waals surface area contributed by atoms with Crippen LogP contribution in [0.2, 0.25) is 0 Å². The topological polar surface area (TPSA) is 65.0 Å². The summed E-state index contributed by atoms with van der Waals surface area (Å²) in [6.45, 7) is 0.472. The molecular weight excluding hydrogens is 457 g/mol. The van der Waals surface area contributed by atoms with Crippen LogP contribution in [0.4, 0.5) is 23.7 Å². The summed E-state index contributed by atoms with van der Waals surface area (Å²) in [4.78, 5) is 34.0. The van der Waals surface area contributed by atoms with Gasteiger partial charge >= 0.3 is 6.03 Å². The molecule has 9 heteroatoms. The lowest BCUT2D eigenvalue weighted by atomic mass is 9.84. The molecule has 5 rings (SSSR count). The van der Waals surface area contributed by atoms with Crippen LogP contribution in [0.25, 0.3) is 0 Å². The number of piperidine rings is 1. The molecule has 0 aromatic heterocycles. The minimum absolute atomic E-state index is 0.00997. The van der Waals surface area contributed by atoms with Crippen LogP contribution in [0.5, 0.6) is 0 Å². The summed E-state index contributed by atoms with van der Waals surface area (Å²) >= 11 is 0. The lowest BCUT2D eigenvalue weighted by molar-refractivity contribution is 0.0695. The van der Waals surface area contributed by atoms with E-state index in [0.29, 0.717) is 18.7 Å². The molecule has 1 spiro atoms. The number of amides is 3. The Kier molecular flexibility index (Phi) is 6.25. The highest BCUT2D eigenvalue weighted by molar-refractivity contribution is 6.19. The minimum Gasteiger partial charge on any atom is -0.338 e. The SMILES string of the molecule is O=C(c1ccccc1F)N1CCC2(CC1)C(=NC1CCCCC1)NC(=O)N2c1cc(F)cc(F)c1. The van der Waals surface area contributed by atoms with Crippen molar-refractivity contribution in [1.29, 1.82) is 0 Å². The zero-order valence-corrected chi connectivity index (χ0v) is 19.3. The third kappa shape index (κ3) is 4.39. The number of urea groups is 1. The average molecular weight is 485 g/mol. The van der Waals surface area contributed by atoms with Gasteiger partial charge in [0, 0.05) is 19.2 Å². The molecule has 0 atom stereocenters. The summed E-state index contributed by atoms with van der Waals surface area (Å²) in [5.41, 5.74) is -0.882. The van der Waals surface area contributed by atoms with E-state index in [4.69, 9.17) is 4.99 Å². The molecule has 2 aromatic carbocycles. The number of benzene rings is 2. The highest BCUT2D eigenvalue weighted by Crippen LogP contribution is 2.39. The van der Waals surface area contributed by atoms with E-state index >= 15 is 0 Å². The second-order valence-electron chi connectivity index (χ2n) is 9.47. The van der Waals surface area contributed by atoms with Gasteiger partial charge < -0.3 is 4.90 Å². The van der Waals surface area contributed by atoms with Crippen molar-refractivity contribution in [3.8, 4) is 0 Å². The molecule has 184 valence electrons. The largest absolute Gasteiger partial charge is 0.338 e. The van der Waals surface area contributed by atoms with Crippen molar-refractivity contribution < 1.29 is 22.8 Å². The van der Waals surface area contributed by atoms with Crippen LogP contribution >= 0.6 is 0 Å². The summed E-state index contributed by atoms with van der Waals surface area (Å²) in [7, 11) is 0. The van der Waals surface area contributed by atoms with E-state index < -0.39 is 34.9 Å². The van der Waals surface area contributed by atoms with Gasteiger partial charge in [-0.15, -0.1) is 0 Å². The Morgan fingerprint density at radius 3 is 2.29 bits per heavy atom. The maximum atomic E-state index is 14.2. The zero-order chi connectivity index (χ0) is 24.6. The molecular formula is C26H27F3N4O2. The summed E-state index contributed by atoms with van der Waals surface area (Å²) in [5.74, 6) is -2.10. The van der Waals surface area contributed by atoms with Gasteiger partial charge in [-0.25, -0.2) is 18.0 Å². The Morgan fingerprint density at radius 2 is 1.63 bits per heavy atom. The van der Waals surface area contributed by atoms with Gasteiger partial charge in [0.15, 0.2) is 0 Å². The Morgan fingerprint density at radius 1 is 0.971 bits per heavy atom. The van der Waals surface area contributed by atoms with Gasteiger partial charge in [-0.2, -0.15) is 0 Å². The lowest BCUT2D eigenvalue weighted by Crippen LogP contribution is -2.58. The molecule has 1 N–H and O–H groups in total. The first-order valence-corrected chi connectivity index (χ1v) is 12.1. The van der Waals surface area contributed by atoms with Crippen LogP contribution in [0.3, 0.4) is 0 Å². The van der Waals surface area contributed by atoms with E-state index in [1.54, 1.807) is 11.0 Å². The van der Waals surface area contributed by atoms with Crippen molar-refractivity contribution >= 4 is 23.5 Å². The van der Waals surface area contributed by atoms with Gasteiger partial charge in [-0.1, -0.05) is 31.4 Å². The summed E-state index contributed by atoms with van der Waals surface area (Å²) < 4.78 is 42.4. The third-order valence-corrected chi connectivity index (χ3v) is 7.27. The number of carbonyl (C=O) groups is 2. The number of nitrogens with one attached hydrogen (secondary N) is 1. The minimum atomic E-state index is -0.971. The first kappa shape index (κ1) is 23.4. The molecule has 6 nitrogen and oxygen atoms in total. The number of nitrogens with zero attached hydrogens (tertiary/aromatic N) is 3. The van der Waals surface area contributed by atoms with Gasteiger partial charge in [0.25, 0.3) is 5.91 Å². The molecule has 3 aliphatic rings. The van der Waals surface area contributed by atoms with Crippen LogP contribution < -0.4 is 10.2 Å². The van der Waals surface area contributed by atoms with E-state index in [1.165, 1.54) is 23.1 Å². The number of amidine groups is 1. The molecule has 2 aromatic rings. The molecule has 3 amide bonds. The quantitative estimate of drug-likeness (QED) is 0.664. The Labute approximate surface area is 201 Å². The normalized spacial score (nSPS) is 21.6. The predicted molar refractivity (Wildman–Crippen MR) is 126 cm³/mol. The van der Waals surface area contributed by atoms with Crippen LogP contribution in [-0.4, -0.2) is 47.3 Å². The van der Waals surface area contributed by atoms with E-state index in [1.807, 2.05) is 0 Å². The molecule has 2 aliphatic heterocycles. The monoisotopic (exact) mass is 484 g/mol. The van der Waals surface area contributed by atoms with Crippen molar-refractivity contribution in [1.82, 2.24) is 10.2 Å². The van der Waals surface area contributed by atoms with Gasteiger partial charge in [0.2, 0.25) is 0 Å². The van der Waals surface area contributed by atoms with Crippen molar-refractivity contribution in [3.05, 3.63) is 65.5 Å². The van der Waals surface area contributed by atoms with E-state index in [0.717, 1.165) is 50.3 Å². The number of aliphatic imine (C=N–C) groups is 1. The number of anilines is 1. The van der Waals surface area contributed by atoms with Crippen molar-refractivity contribution in [2.75, 3.05) is 18.0 Å². The van der Waals surface area contributed by atoms with Crippen LogP contribution in [0.15, 0.2) is 47.5 Å². The van der Waals surface area contributed by atoms with Crippen LogP contribution in [0, 0.1) is 17.5 Å². The fourth-order valence-electron chi connectivity index (χ4n) is 5.50. The summed E-state index contributed by atoms with van der Waals surface area (Å²) in [6, 6.07) is 8.41. The Bertz CT molecular complexity index is 1150. The summed E-state index contributed by atoms with van der Waals surface area (Å²) in [5, 5.41) is 2.86. The average Bonchev–Trinajstić information content (AvgIpc) is 3.09. The highest BCUT2D eigenvalue weighted by Gasteiger charge is 2.54. The molecule has 0 bridgehead atoms. The third-order valence-electron chi connectivity index (χ3n) is 7.27. The van der Waals surface area contributed by atoms with Gasteiger partial charge in [0.05, 0.1) is 17.3 Å². The predicted octanol–water partition coefficient (Wildman–Crippen LogP) is 5.04. The molecule has 2 heterocycles. The van der Waals surface area contributed by atoms with Crippen LogP contribution in [-0.2, 0) is 0 Å². The van der Waals surface area contributed by atoms with E-state index in [9.17, 15) is 22.8 Å². The van der Waals surface area contributed by atoms with Gasteiger partial charge in [-0.05, 0) is 49.9 Å². The smallest absolute Gasteiger partial charge is 0.328 e. The maximum Gasteiger partial charge on any atom is 0.328 e. The van der Waals surface area contributed by atoms with Crippen molar-refractivity contribution in [2.45, 2.75) is 56.5 Å². The molecule has 0 radical (unpaired) electrons. The van der Waals surface area contributed by atoms with Gasteiger partial charge in [0.1, 0.15) is 28.8 Å². The molecule has 1 saturated carbocycles. The Hall–Kier alpha value is -3.36. The second kappa shape index (κ2) is 9.36. The fraction of sp³-hybridized carbons (Fsp3) is 0.423. The number of likely N-dealkylation sites (tertiary alicyclic amines) is 1. The number of hydrogen-bond acceptors (Lipinski definition) is 3. The fourth-order valence-corrected chi connectivity index (χ4v) is 5.50. The Balaban J connectivity index is 1.48. The van der Waals surface area contributed by atoms with E-state index in [2.05, 4.69) is 5.32 Å². The number of hydrogen-bond donors (Lipinski definition) is 1. The summed E-state index contributed by atoms with van der Waals surface area (Å²) in [6.07, 6.45) is 5.72. The standard InChI is InChI=1S/C26H27F3N4O2/c27-17-14-18(28)16-20(15-17)33-25(35)31-24(30-19-6-2-1-3-7-19)26(33)10-12-32(13-11-26)23(34)21-8-4-5-9-22(21)29/h4-5,8-9,14-16,19H,1-3,6-7,10-13H2,(H,30,31,35). The number of carbonyl (C=O) groups excluding carboxylic acids is 2. The zero-order valence-electron chi connectivity index (χ0n) is 19.3. The first-order chi connectivity index (χ1) is 16.9. The molecule has 35 heavy (non-hydrogen) atoms. The number of rotatable bonds is 3. The highest BCUT2D eigenvalue weighted by atomic mass is 19.1. The van der Waals surface area contributed by atoms with Crippen LogP contribution in [0.1, 0.15) is 55.3 Å². The molecule has 2 saturated heterocycles. The molecule has 0 unspecified atom stereocenters. The van der Waals surface area contributed by atoms with Gasteiger partial charge in [-0.3, -0.25) is 20.0 Å². The first-order valence-electron chi connectivity index (χ1n) is 12.1. The number of halogens is 3. The van der Waals surface area contributed by atoms with E-state index in [-0.39, 0.29) is 30.4 Å². The lowest BCUT2D eigenvalue weighted by Gasteiger charge is -2.43. The molecule has 1 aliphatic carbocycles.